The minimum atomic E-state index is -3.54. The van der Waals surface area contributed by atoms with Crippen LogP contribution in [0.4, 0.5) is 0 Å². The number of nitrogens with zero attached hydrogens (tertiary/aromatic N) is 2. The molecule has 3 aromatic rings. The van der Waals surface area contributed by atoms with Gasteiger partial charge >= 0.3 is 0 Å². The lowest BCUT2D eigenvalue weighted by molar-refractivity contribution is 0.414. The molecule has 0 radical (unpaired) electrons. The number of benzene rings is 2. The first-order chi connectivity index (χ1) is 14.0. The quantitative estimate of drug-likeness (QED) is 0.478. The zero-order valence-corrected chi connectivity index (χ0v) is 18.0. The Morgan fingerprint density at radius 2 is 1.90 bits per heavy atom. The van der Waals surface area contributed by atoms with Gasteiger partial charge in [-0.25, -0.2) is 18.1 Å². The lowest BCUT2D eigenvalue weighted by Crippen LogP contribution is -2.31. The van der Waals surface area contributed by atoms with Crippen molar-refractivity contribution in [1.29, 1.82) is 0 Å². The number of sulfonamides is 1. The molecule has 0 aliphatic rings. The van der Waals surface area contributed by atoms with Gasteiger partial charge in [0.25, 0.3) is 0 Å². The van der Waals surface area contributed by atoms with Gasteiger partial charge in [0.2, 0.25) is 10.0 Å². The van der Waals surface area contributed by atoms with E-state index in [1.54, 1.807) is 12.1 Å². The summed E-state index contributed by atoms with van der Waals surface area (Å²) in [4.78, 5) is 4.75. The molecule has 0 atom stereocenters. The summed E-state index contributed by atoms with van der Waals surface area (Å²) < 4.78 is 36.6. The lowest BCUT2D eigenvalue weighted by Gasteiger charge is -2.08. The number of aromatic nitrogens is 2. The van der Waals surface area contributed by atoms with Crippen molar-refractivity contribution in [2.24, 2.45) is 0 Å². The van der Waals surface area contributed by atoms with Gasteiger partial charge in [0, 0.05) is 26.1 Å². The van der Waals surface area contributed by atoms with Gasteiger partial charge < -0.3 is 10.1 Å². The van der Waals surface area contributed by atoms with Crippen LogP contribution < -0.4 is 14.8 Å². The highest BCUT2D eigenvalue weighted by atomic mass is 32.2. The normalized spacial score (nSPS) is 11.5. The molecule has 7 nitrogen and oxygen atoms in total. The number of hydrogen-bond donors (Lipinski definition) is 2. The maximum Gasteiger partial charge on any atom is 0.240 e. The molecule has 2 N–H and O–H groups in total. The van der Waals surface area contributed by atoms with Crippen molar-refractivity contribution in [3.8, 4) is 5.75 Å². The van der Waals surface area contributed by atoms with E-state index in [9.17, 15) is 8.42 Å². The van der Waals surface area contributed by atoms with Crippen LogP contribution in [0.5, 0.6) is 5.75 Å². The maximum atomic E-state index is 12.3. The predicted molar refractivity (Wildman–Crippen MR) is 114 cm³/mol. The second kappa shape index (κ2) is 9.93. The number of ether oxygens (including phenoxy) is 1. The van der Waals surface area contributed by atoms with E-state index in [1.165, 1.54) is 41.9 Å². The second-order valence-corrected chi connectivity index (χ2v) is 9.12. The third kappa shape index (κ3) is 6.33. The number of hydrogen-bond acceptors (Lipinski definition) is 7. The Morgan fingerprint density at radius 3 is 2.62 bits per heavy atom. The first kappa shape index (κ1) is 21.4. The van der Waals surface area contributed by atoms with Crippen LogP contribution in [0.15, 0.2) is 53.4 Å². The van der Waals surface area contributed by atoms with Crippen molar-refractivity contribution in [3.05, 3.63) is 70.5 Å². The summed E-state index contributed by atoms with van der Waals surface area (Å²) in [5.41, 5.74) is 2.41. The van der Waals surface area contributed by atoms with Crippen LogP contribution in [0, 0.1) is 6.92 Å². The average Bonchev–Trinajstić information content (AvgIpc) is 3.15. The number of methoxy groups -OCH3 is 1. The number of aryl methyl sites for hydroxylation is 1. The first-order valence-electron chi connectivity index (χ1n) is 9.18. The third-order valence-corrected chi connectivity index (χ3v) is 6.42. The third-order valence-electron chi connectivity index (χ3n) is 4.19. The minimum Gasteiger partial charge on any atom is -0.497 e. The van der Waals surface area contributed by atoms with Gasteiger partial charge in [-0.3, -0.25) is 0 Å². The first-order valence-corrected chi connectivity index (χ1v) is 11.4. The molecular formula is C20H24N4O3S2. The van der Waals surface area contributed by atoms with Crippen LogP contribution in [0.1, 0.15) is 22.0 Å². The van der Waals surface area contributed by atoms with Crippen LogP contribution in [0.25, 0.3) is 0 Å². The molecule has 0 saturated heterocycles. The summed E-state index contributed by atoms with van der Waals surface area (Å²) in [6.07, 6.45) is 0.708. The SMILES string of the molecule is COc1ccc(S(=O)(=O)NCCNCc2nc(Cc3cccc(C)c3)ns2)cc1. The van der Waals surface area contributed by atoms with Crippen LogP contribution in [-0.4, -0.2) is 38.0 Å². The zero-order valence-electron chi connectivity index (χ0n) is 16.4. The monoisotopic (exact) mass is 432 g/mol. The van der Waals surface area contributed by atoms with Crippen LogP contribution >= 0.6 is 11.5 Å². The molecule has 154 valence electrons. The van der Waals surface area contributed by atoms with Crippen LogP contribution in [0.2, 0.25) is 0 Å². The molecule has 0 unspecified atom stereocenters. The Morgan fingerprint density at radius 1 is 1.10 bits per heavy atom. The van der Waals surface area contributed by atoms with Gasteiger partial charge in [-0.15, -0.1) is 0 Å². The smallest absolute Gasteiger partial charge is 0.240 e. The molecule has 0 aliphatic heterocycles. The Hall–Kier alpha value is -2.33. The van der Waals surface area contributed by atoms with E-state index in [0.717, 1.165) is 10.8 Å². The van der Waals surface area contributed by atoms with Crippen LogP contribution in [-0.2, 0) is 23.0 Å². The molecule has 29 heavy (non-hydrogen) atoms. The molecule has 1 aromatic heterocycles. The Labute approximate surface area is 175 Å². The van der Waals surface area contributed by atoms with Crippen LogP contribution in [0.3, 0.4) is 0 Å². The van der Waals surface area contributed by atoms with Crippen molar-refractivity contribution < 1.29 is 13.2 Å². The van der Waals surface area contributed by atoms with E-state index in [4.69, 9.17) is 4.74 Å². The molecule has 1 heterocycles. The molecular weight excluding hydrogens is 408 g/mol. The van der Waals surface area contributed by atoms with Crippen molar-refractivity contribution in [2.75, 3.05) is 20.2 Å². The predicted octanol–water partition coefficient (Wildman–Crippen LogP) is 2.51. The maximum absolute atomic E-state index is 12.3. The topological polar surface area (TPSA) is 93.2 Å². The number of rotatable bonds is 10. The molecule has 0 fully saturated rings. The fraction of sp³-hybridized carbons (Fsp3) is 0.300. The van der Waals surface area contributed by atoms with Gasteiger partial charge in [-0.2, -0.15) is 4.37 Å². The molecule has 0 amide bonds. The lowest BCUT2D eigenvalue weighted by atomic mass is 10.1. The van der Waals surface area contributed by atoms with Gasteiger partial charge in [0.1, 0.15) is 16.6 Å². The highest BCUT2D eigenvalue weighted by molar-refractivity contribution is 7.89. The Bertz CT molecular complexity index is 1030. The van der Waals surface area contributed by atoms with Gasteiger partial charge in [0.05, 0.1) is 12.0 Å². The zero-order chi connectivity index (χ0) is 20.7. The standard InChI is InChI=1S/C20H24N4O3S2/c1-15-4-3-5-16(12-15)13-19-23-20(28-24-19)14-21-10-11-22-29(25,26)18-8-6-17(27-2)7-9-18/h3-9,12,21-22H,10-11,13-14H2,1-2H3. The molecule has 3 rings (SSSR count). The summed E-state index contributed by atoms with van der Waals surface area (Å²) in [6.45, 7) is 3.39. The summed E-state index contributed by atoms with van der Waals surface area (Å²) in [5, 5.41) is 4.07. The van der Waals surface area contributed by atoms with Crippen molar-refractivity contribution >= 4 is 21.6 Å². The Kier molecular flexibility index (Phi) is 7.32. The molecule has 0 bridgehead atoms. The number of nitrogens with one attached hydrogen (secondary N) is 2. The van der Waals surface area contributed by atoms with E-state index in [-0.39, 0.29) is 11.4 Å². The van der Waals surface area contributed by atoms with E-state index in [1.807, 2.05) is 6.07 Å². The summed E-state index contributed by atoms with van der Waals surface area (Å²) in [6, 6.07) is 14.6. The van der Waals surface area contributed by atoms with Crippen molar-refractivity contribution in [3.63, 3.8) is 0 Å². The summed E-state index contributed by atoms with van der Waals surface area (Å²) in [5.74, 6) is 1.42. The Balaban J connectivity index is 1.42. The van der Waals surface area contributed by atoms with E-state index >= 15 is 0 Å². The molecule has 0 saturated carbocycles. The largest absolute Gasteiger partial charge is 0.497 e. The molecule has 9 heteroatoms. The summed E-state index contributed by atoms with van der Waals surface area (Å²) in [7, 11) is -2.00. The van der Waals surface area contributed by atoms with E-state index in [2.05, 4.69) is 44.5 Å². The van der Waals surface area contributed by atoms with Gasteiger partial charge in [-0.05, 0) is 48.3 Å². The highest BCUT2D eigenvalue weighted by Crippen LogP contribution is 2.15. The van der Waals surface area contributed by atoms with E-state index < -0.39 is 10.0 Å². The average molecular weight is 433 g/mol. The second-order valence-electron chi connectivity index (χ2n) is 6.52. The van der Waals surface area contributed by atoms with Gasteiger partial charge in [0.15, 0.2) is 0 Å². The van der Waals surface area contributed by atoms with Crippen molar-refractivity contribution in [2.45, 2.75) is 24.8 Å². The fourth-order valence-electron chi connectivity index (χ4n) is 2.75. The molecule has 2 aromatic carbocycles. The fourth-order valence-corrected chi connectivity index (χ4v) is 4.41. The molecule has 0 spiro atoms. The van der Waals surface area contributed by atoms with Gasteiger partial charge in [-0.1, -0.05) is 29.8 Å². The highest BCUT2D eigenvalue weighted by Gasteiger charge is 2.13. The minimum absolute atomic E-state index is 0.211. The van der Waals surface area contributed by atoms with E-state index in [0.29, 0.717) is 25.3 Å². The molecule has 0 aliphatic carbocycles. The van der Waals surface area contributed by atoms with Crippen molar-refractivity contribution in [1.82, 2.24) is 19.4 Å². The summed E-state index contributed by atoms with van der Waals surface area (Å²) >= 11 is 1.36.